The van der Waals surface area contributed by atoms with Gasteiger partial charge in [-0.3, -0.25) is 4.79 Å². The first kappa shape index (κ1) is 8.75. The largest absolute Gasteiger partial charge is 0.368 e. The number of rotatable bonds is 0. The molecule has 1 aliphatic heterocycles. The second kappa shape index (κ2) is 2.95. The molecule has 0 aromatic heterocycles. The molecule has 64 valence electrons. The first-order valence-corrected chi connectivity index (χ1v) is 3.63. The molecule has 1 heterocycles. The molecule has 1 N–H and O–H groups in total. The number of hydrogen-bond donors (Lipinski definition) is 1. The third kappa shape index (κ3) is 1.19. The highest BCUT2D eigenvalue weighted by Gasteiger charge is 2.30. The van der Waals surface area contributed by atoms with Gasteiger partial charge in [-0.1, -0.05) is 0 Å². The molecule has 0 fully saturated rings. The number of hydrogen-bond acceptors (Lipinski definition) is 3. The Hall–Kier alpha value is -1.34. The van der Waals surface area contributed by atoms with Crippen molar-refractivity contribution in [1.82, 2.24) is 4.90 Å². The van der Waals surface area contributed by atoms with Crippen molar-refractivity contribution in [1.29, 1.82) is 5.26 Å². The van der Waals surface area contributed by atoms with E-state index < -0.39 is 6.23 Å². The van der Waals surface area contributed by atoms with Crippen molar-refractivity contribution in [2.24, 2.45) is 0 Å². The van der Waals surface area contributed by atoms with E-state index in [-0.39, 0.29) is 5.91 Å². The van der Waals surface area contributed by atoms with Gasteiger partial charge in [0.15, 0.2) is 6.23 Å². The van der Waals surface area contributed by atoms with E-state index in [1.54, 1.807) is 6.92 Å². The lowest BCUT2D eigenvalue weighted by Crippen LogP contribution is -2.35. The fourth-order valence-corrected chi connectivity index (χ4v) is 1.24. The lowest BCUT2D eigenvalue weighted by molar-refractivity contribution is -0.134. The maximum atomic E-state index is 10.9. The average Bonchev–Trinajstić information content (AvgIpc) is 2.27. The zero-order valence-electron chi connectivity index (χ0n) is 7.03. The van der Waals surface area contributed by atoms with Crippen LogP contribution in [0.2, 0.25) is 0 Å². The van der Waals surface area contributed by atoms with Crippen molar-refractivity contribution in [3.63, 3.8) is 0 Å². The minimum absolute atomic E-state index is 0.216. The Balaban J connectivity index is 2.89. The molecular weight excluding hydrogens is 156 g/mol. The van der Waals surface area contributed by atoms with Crippen LogP contribution in [-0.4, -0.2) is 28.7 Å². The molecule has 0 aromatic rings. The van der Waals surface area contributed by atoms with Crippen molar-refractivity contribution in [3.05, 3.63) is 11.1 Å². The monoisotopic (exact) mass is 166 g/mol. The van der Waals surface area contributed by atoms with Crippen LogP contribution in [0.1, 0.15) is 13.8 Å². The molecule has 0 bridgehead atoms. The van der Waals surface area contributed by atoms with Gasteiger partial charge in [-0.25, -0.2) is 0 Å². The van der Waals surface area contributed by atoms with Gasteiger partial charge in [0.05, 0.1) is 11.6 Å². The van der Waals surface area contributed by atoms with E-state index in [1.165, 1.54) is 11.8 Å². The summed E-state index contributed by atoms with van der Waals surface area (Å²) in [6, 6.07) is 1.88. The predicted molar refractivity (Wildman–Crippen MR) is 41.7 cm³/mol. The minimum atomic E-state index is -1.03. The smallest absolute Gasteiger partial charge is 0.222 e. The van der Waals surface area contributed by atoms with E-state index in [2.05, 4.69) is 0 Å². The summed E-state index contributed by atoms with van der Waals surface area (Å²) in [5.41, 5.74) is 1.06. The van der Waals surface area contributed by atoms with E-state index in [4.69, 9.17) is 5.26 Å². The summed E-state index contributed by atoms with van der Waals surface area (Å²) in [5, 5.41) is 18.0. The molecule has 0 radical (unpaired) electrons. The second-order valence-electron chi connectivity index (χ2n) is 2.83. The zero-order valence-corrected chi connectivity index (χ0v) is 7.03. The Morgan fingerprint density at radius 3 is 2.67 bits per heavy atom. The van der Waals surface area contributed by atoms with Crippen molar-refractivity contribution in [3.8, 4) is 6.07 Å². The third-order valence-electron chi connectivity index (χ3n) is 1.95. The maximum absolute atomic E-state index is 10.9. The minimum Gasteiger partial charge on any atom is -0.368 e. The molecule has 0 unspecified atom stereocenters. The van der Waals surface area contributed by atoms with E-state index in [0.717, 1.165) is 5.57 Å². The van der Waals surface area contributed by atoms with Gasteiger partial charge in [0.2, 0.25) is 5.91 Å². The molecule has 4 nitrogen and oxygen atoms in total. The predicted octanol–water partition coefficient (Wildman–Crippen LogP) is 0.00698. The van der Waals surface area contributed by atoms with Gasteiger partial charge in [0, 0.05) is 13.5 Å². The maximum Gasteiger partial charge on any atom is 0.222 e. The molecule has 0 aromatic carbocycles. The van der Waals surface area contributed by atoms with Gasteiger partial charge in [0.1, 0.15) is 0 Å². The normalized spacial score (nSPS) is 22.8. The molecule has 0 spiro atoms. The third-order valence-corrected chi connectivity index (χ3v) is 1.95. The molecular formula is C8H10N2O2. The van der Waals surface area contributed by atoms with Crippen molar-refractivity contribution in [2.45, 2.75) is 20.1 Å². The first-order valence-electron chi connectivity index (χ1n) is 3.63. The number of amides is 1. The molecule has 1 atom stereocenters. The molecule has 0 saturated carbocycles. The first-order chi connectivity index (χ1) is 5.57. The van der Waals surface area contributed by atoms with Gasteiger partial charge >= 0.3 is 0 Å². The van der Waals surface area contributed by atoms with Crippen molar-refractivity contribution >= 4 is 5.91 Å². The number of aliphatic hydroxyl groups excluding tert-OH is 1. The van der Waals surface area contributed by atoms with Crippen LogP contribution in [0.15, 0.2) is 11.1 Å². The highest BCUT2D eigenvalue weighted by molar-refractivity contribution is 5.75. The Morgan fingerprint density at radius 2 is 2.42 bits per heavy atom. The summed E-state index contributed by atoms with van der Waals surface area (Å²) in [6.45, 7) is 3.47. The highest BCUT2D eigenvalue weighted by Crippen LogP contribution is 2.21. The molecule has 12 heavy (non-hydrogen) atoms. The molecule has 0 aliphatic carbocycles. The van der Waals surface area contributed by atoms with E-state index in [9.17, 15) is 9.90 Å². The number of carbonyl (C=O) groups is 1. The second-order valence-corrected chi connectivity index (χ2v) is 2.83. The van der Waals surface area contributed by atoms with Crippen LogP contribution in [0.3, 0.4) is 0 Å². The van der Waals surface area contributed by atoms with Crippen LogP contribution >= 0.6 is 0 Å². The number of carbonyl (C=O) groups excluding carboxylic acids is 1. The summed E-state index contributed by atoms with van der Waals surface area (Å²) in [7, 11) is 0. The summed E-state index contributed by atoms with van der Waals surface area (Å²) >= 11 is 0. The van der Waals surface area contributed by atoms with Gasteiger partial charge in [-0.15, -0.1) is 0 Å². The van der Waals surface area contributed by atoms with Gasteiger partial charge in [0.25, 0.3) is 0 Å². The van der Waals surface area contributed by atoms with Gasteiger partial charge in [-0.2, -0.15) is 5.26 Å². The van der Waals surface area contributed by atoms with Crippen LogP contribution in [0.5, 0.6) is 0 Å². The Kier molecular flexibility index (Phi) is 2.15. The fraction of sp³-hybridized carbons (Fsp3) is 0.500. The topological polar surface area (TPSA) is 64.3 Å². The van der Waals surface area contributed by atoms with E-state index >= 15 is 0 Å². The lowest BCUT2D eigenvalue weighted by atomic mass is 10.2. The van der Waals surface area contributed by atoms with Crippen LogP contribution in [0.25, 0.3) is 0 Å². The Morgan fingerprint density at radius 1 is 1.83 bits per heavy atom. The summed E-state index contributed by atoms with van der Waals surface area (Å²) in [4.78, 5) is 12.2. The number of nitrogens with zero attached hydrogens (tertiary/aromatic N) is 2. The zero-order chi connectivity index (χ0) is 9.30. The quantitative estimate of drug-likeness (QED) is 0.551. The fourth-order valence-electron chi connectivity index (χ4n) is 1.24. The highest BCUT2D eigenvalue weighted by atomic mass is 16.3. The standard InChI is InChI=1S/C8H10N2O2/c1-5-4-10(6(2)11)8(12)7(5)3-9/h8,12H,4H2,1-2H3/t8-/m1/s1. The van der Waals surface area contributed by atoms with Crippen LogP contribution in [-0.2, 0) is 4.79 Å². The molecule has 1 amide bonds. The van der Waals surface area contributed by atoms with Gasteiger partial charge in [-0.05, 0) is 12.5 Å². The Labute approximate surface area is 70.7 Å². The summed E-state index contributed by atoms with van der Waals surface area (Å²) in [5.74, 6) is -0.216. The average molecular weight is 166 g/mol. The van der Waals surface area contributed by atoms with Gasteiger partial charge < -0.3 is 10.0 Å². The van der Waals surface area contributed by atoms with Crippen LogP contribution in [0, 0.1) is 11.3 Å². The summed E-state index contributed by atoms with van der Waals surface area (Å²) in [6.07, 6.45) is -1.03. The van der Waals surface area contributed by atoms with E-state index in [1.807, 2.05) is 6.07 Å². The SMILES string of the molecule is CC(=O)N1CC(C)=C(C#N)[C@H]1O. The molecule has 4 heteroatoms. The van der Waals surface area contributed by atoms with Crippen LogP contribution in [0.4, 0.5) is 0 Å². The van der Waals surface area contributed by atoms with Crippen molar-refractivity contribution in [2.75, 3.05) is 6.54 Å². The molecule has 1 aliphatic rings. The number of nitriles is 1. The molecule has 1 rings (SSSR count). The van der Waals surface area contributed by atoms with Crippen LogP contribution < -0.4 is 0 Å². The number of aliphatic hydroxyl groups is 1. The van der Waals surface area contributed by atoms with Crippen molar-refractivity contribution < 1.29 is 9.90 Å². The molecule has 0 saturated heterocycles. The Bertz CT molecular complexity index is 288. The van der Waals surface area contributed by atoms with E-state index in [0.29, 0.717) is 12.1 Å². The lowest BCUT2D eigenvalue weighted by Gasteiger charge is -2.18. The summed E-state index contributed by atoms with van der Waals surface area (Å²) < 4.78 is 0.